The van der Waals surface area contributed by atoms with Crippen molar-refractivity contribution in [1.29, 1.82) is 0 Å². The van der Waals surface area contributed by atoms with Crippen LogP contribution in [0.5, 0.6) is 0 Å². The molecule has 0 radical (unpaired) electrons. The highest BCUT2D eigenvalue weighted by molar-refractivity contribution is 5.81. The van der Waals surface area contributed by atoms with Crippen molar-refractivity contribution in [2.24, 2.45) is 5.92 Å². The Morgan fingerprint density at radius 1 is 1.09 bits per heavy atom. The standard InChI is InChI=1S/C26H30N2O7/c1-26(33,24(30)31)15-27-23(29)12-16-13-34-11-10-22(16)28-25(32)35-14-21-19-8-4-2-6-17(19)18-7-3-5-9-20(18)21/h2-9,16,21-22,33H,10-15H2,1H3,(H,27,29)(H,28,32)(H,30,31). The number of ether oxygens (including phenoxy) is 2. The summed E-state index contributed by atoms with van der Waals surface area (Å²) in [6.45, 7) is 1.61. The second-order valence-corrected chi connectivity index (χ2v) is 9.26. The van der Waals surface area contributed by atoms with Crippen molar-refractivity contribution in [3.63, 3.8) is 0 Å². The van der Waals surface area contributed by atoms with Gasteiger partial charge in [-0.1, -0.05) is 48.5 Å². The molecule has 2 aromatic carbocycles. The van der Waals surface area contributed by atoms with Crippen LogP contribution in [0.2, 0.25) is 0 Å². The van der Waals surface area contributed by atoms with Crippen molar-refractivity contribution in [3.8, 4) is 11.1 Å². The summed E-state index contributed by atoms with van der Waals surface area (Å²) in [7, 11) is 0. The van der Waals surface area contributed by atoms with Crippen molar-refractivity contribution >= 4 is 18.0 Å². The van der Waals surface area contributed by atoms with Gasteiger partial charge in [0.1, 0.15) is 6.61 Å². The molecular weight excluding hydrogens is 452 g/mol. The molecule has 1 aliphatic heterocycles. The Labute approximate surface area is 203 Å². The summed E-state index contributed by atoms with van der Waals surface area (Å²) in [4.78, 5) is 36.0. The van der Waals surface area contributed by atoms with Crippen LogP contribution in [-0.2, 0) is 19.1 Å². The third-order valence-corrected chi connectivity index (χ3v) is 6.66. The van der Waals surface area contributed by atoms with Gasteiger partial charge in [0.05, 0.1) is 13.2 Å². The van der Waals surface area contributed by atoms with E-state index in [-0.39, 0.29) is 37.5 Å². The van der Waals surface area contributed by atoms with Crippen molar-refractivity contribution in [2.45, 2.75) is 37.3 Å². The molecule has 186 valence electrons. The van der Waals surface area contributed by atoms with E-state index in [4.69, 9.17) is 14.6 Å². The highest BCUT2D eigenvalue weighted by atomic mass is 16.5. The molecule has 4 rings (SSSR count). The van der Waals surface area contributed by atoms with Gasteiger partial charge in [0.2, 0.25) is 5.91 Å². The maximum atomic E-state index is 12.7. The first-order valence-corrected chi connectivity index (χ1v) is 11.7. The summed E-state index contributed by atoms with van der Waals surface area (Å²) in [6.07, 6.45) is -0.0167. The van der Waals surface area contributed by atoms with Gasteiger partial charge in [-0.2, -0.15) is 0 Å². The molecule has 9 nitrogen and oxygen atoms in total. The van der Waals surface area contributed by atoms with E-state index in [1.807, 2.05) is 24.3 Å². The molecule has 35 heavy (non-hydrogen) atoms. The summed E-state index contributed by atoms with van der Waals surface area (Å²) in [5.74, 6) is -2.21. The predicted molar refractivity (Wildman–Crippen MR) is 127 cm³/mol. The lowest BCUT2D eigenvalue weighted by Crippen LogP contribution is -2.49. The first kappa shape index (κ1) is 24.7. The van der Waals surface area contributed by atoms with E-state index in [1.54, 1.807) is 0 Å². The highest BCUT2D eigenvalue weighted by Crippen LogP contribution is 2.44. The van der Waals surface area contributed by atoms with Crippen LogP contribution in [-0.4, -0.2) is 66.2 Å². The van der Waals surface area contributed by atoms with Gasteiger partial charge in [-0.25, -0.2) is 9.59 Å². The van der Waals surface area contributed by atoms with E-state index >= 15 is 0 Å². The Morgan fingerprint density at radius 3 is 2.34 bits per heavy atom. The number of carbonyl (C=O) groups excluding carboxylic acids is 2. The number of aliphatic carboxylic acids is 1. The Morgan fingerprint density at radius 2 is 1.71 bits per heavy atom. The van der Waals surface area contributed by atoms with Crippen molar-refractivity contribution < 1.29 is 34.1 Å². The van der Waals surface area contributed by atoms with E-state index in [0.29, 0.717) is 13.0 Å². The fourth-order valence-electron chi connectivity index (χ4n) is 4.64. The maximum absolute atomic E-state index is 12.7. The zero-order valence-corrected chi connectivity index (χ0v) is 19.5. The topological polar surface area (TPSA) is 134 Å². The fraction of sp³-hybridized carbons (Fsp3) is 0.423. The third-order valence-electron chi connectivity index (χ3n) is 6.66. The summed E-state index contributed by atoms with van der Waals surface area (Å²) < 4.78 is 11.1. The largest absolute Gasteiger partial charge is 0.479 e. The number of rotatable bonds is 8. The van der Waals surface area contributed by atoms with Crippen LogP contribution in [0, 0.1) is 5.92 Å². The van der Waals surface area contributed by atoms with E-state index in [2.05, 4.69) is 34.9 Å². The molecule has 4 N–H and O–H groups in total. The highest BCUT2D eigenvalue weighted by Gasteiger charge is 2.34. The summed E-state index contributed by atoms with van der Waals surface area (Å²) in [6, 6.07) is 15.9. The molecule has 1 fully saturated rings. The molecule has 9 heteroatoms. The van der Waals surface area contributed by atoms with Gasteiger partial charge in [-0.3, -0.25) is 4.79 Å². The van der Waals surface area contributed by atoms with Crippen LogP contribution in [0.1, 0.15) is 36.8 Å². The fourth-order valence-corrected chi connectivity index (χ4v) is 4.64. The number of benzene rings is 2. The Hall–Kier alpha value is -3.43. The smallest absolute Gasteiger partial charge is 0.407 e. The van der Waals surface area contributed by atoms with Gasteiger partial charge in [0, 0.05) is 30.9 Å². The number of amides is 2. The van der Waals surface area contributed by atoms with Gasteiger partial charge >= 0.3 is 12.1 Å². The zero-order chi connectivity index (χ0) is 25.0. The number of nitrogens with one attached hydrogen (secondary N) is 2. The summed E-state index contributed by atoms with van der Waals surface area (Å²) in [5, 5.41) is 24.1. The van der Waals surface area contributed by atoms with Gasteiger partial charge in [0.15, 0.2) is 5.60 Å². The molecule has 1 aliphatic carbocycles. The first-order valence-electron chi connectivity index (χ1n) is 11.7. The van der Waals surface area contributed by atoms with E-state index in [9.17, 15) is 19.5 Å². The SMILES string of the molecule is CC(O)(CNC(=O)CC1COCCC1NC(=O)OCC1c2ccccc2-c2ccccc21)C(=O)O. The van der Waals surface area contributed by atoms with E-state index in [1.165, 1.54) is 0 Å². The second-order valence-electron chi connectivity index (χ2n) is 9.26. The molecule has 1 heterocycles. The Balaban J connectivity index is 1.32. The van der Waals surface area contributed by atoms with E-state index < -0.39 is 30.1 Å². The molecule has 2 amide bonds. The molecule has 3 atom stereocenters. The number of carbonyl (C=O) groups is 3. The second kappa shape index (κ2) is 10.5. The molecule has 1 saturated heterocycles. The lowest BCUT2D eigenvalue weighted by molar-refractivity contribution is -0.156. The average Bonchev–Trinajstić information content (AvgIpc) is 3.16. The molecule has 2 aromatic rings. The van der Waals surface area contributed by atoms with Crippen LogP contribution in [0.3, 0.4) is 0 Å². The van der Waals surface area contributed by atoms with Crippen LogP contribution in [0.4, 0.5) is 4.79 Å². The molecule has 3 unspecified atom stereocenters. The number of hydrogen-bond donors (Lipinski definition) is 4. The lowest BCUT2D eigenvalue weighted by atomic mass is 9.92. The zero-order valence-electron chi connectivity index (χ0n) is 19.5. The monoisotopic (exact) mass is 482 g/mol. The minimum Gasteiger partial charge on any atom is -0.479 e. The first-order chi connectivity index (χ1) is 16.8. The average molecular weight is 483 g/mol. The minimum absolute atomic E-state index is 0.0179. The lowest BCUT2D eigenvalue weighted by Gasteiger charge is -2.32. The molecule has 2 aliphatic rings. The van der Waals surface area contributed by atoms with E-state index in [0.717, 1.165) is 29.2 Å². The number of alkyl carbamates (subject to hydrolysis) is 1. The number of carboxylic acids is 1. The van der Waals surface area contributed by atoms with Crippen molar-refractivity contribution in [1.82, 2.24) is 10.6 Å². The van der Waals surface area contributed by atoms with Gasteiger partial charge in [0.25, 0.3) is 0 Å². The quantitative estimate of drug-likeness (QED) is 0.453. The predicted octanol–water partition coefficient (Wildman–Crippen LogP) is 2.27. The van der Waals surface area contributed by atoms with Crippen LogP contribution < -0.4 is 10.6 Å². The molecular formula is C26H30N2O7. The van der Waals surface area contributed by atoms with Crippen molar-refractivity contribution in [3.05, 3.63) is 59.7 Å². The third kappa shape index (κ3) is 5.63. The summed E-state index contributed by atoms with van der Waals surface area (Å²) in [5.41, 5.74) is 2.49. The molecule has 0 spiro atoms. The van der Waals surface area contributed by atoms with Crippen LogP contribution in [0.15, 0.2) is 48.5 Å². The van der Waals surface area contributed by atoms with Gasteiger partial charge < -0.3 is 30.3 Å². The number of fused-ring (bicyclic) bond motifs is 3. The molecule has 0 saturated carbocycles. The van der Waals surface area contributed by atoms with Crippen molar-refractivity contribution in [2.75, 3.05) is 26.4 Å². The maximum Gasteiger partial charge on any atom is 0.407 e. The number of carboxylic acid groups (broad SMARTS) is 1. The van der Waals surface area contributed by atoms with Gasteiger partial charge in [-0.05, 0) is 35.6 Å². The Bertz CT molecular complexity index is 1060. The Kier molecular flexibility index (Phi) is 7.37. The van der Waals surface area contributed by atoms with Gasteiger partial charge in [-0.15, -0.1) is 0 Å². The number of hydrogen-bond acceptors (Lipinski definition) is 6. The minimum atomic E-state index is -2.06. The number of aliphatic hydroxyl groups is 1. The summed E-state index contributed by atoms with van der Waals surface area (Å²) >= 11 is 0. The normalized spacial score (nSPS) is 20.7. The van der Waals surface area contributed by atoms with Crippen LogP contribution >= 0.6 is 0 Å². The van der Waals surface area contributed by atoms with Crippen LogP contribution in [0.25, 0.3) is 11.1 Å². The molecule has 0 bridgehead atoms. The molecule has 0 aromatic heterocycles.